The van der Waals surface area contributed by atoms with Crippen LogP contribution in [0.2, 0.25) is 0 Å². The van der Waals surface area contributed by atoms with E-state index in [0.717, 1.165) is 17.0 Å². The fourth-order valence-electron chi connectivity index (χ4n) is 4.58. The van der Waals surface area contributed by atoms with Crippen LogP contribution in [0.3, 0.4) is 0 Å². The molecule has 4 rings (SSSR count). The molecule has 1 N–H and O–H groups in total. The Hall–Kier alpha value is -3.94. The molecule has 3 amide bonds. The Kier molecular flexibility index (Phi) is 7.83. The van der Waals surface area contributed by atoms with Crippen LogP contribution in [0, 0.1) is 13.8 Å². The van der Waals surface area contributed by atoms with Crippen LogP contribution in [0.4, 0.5) is 0 Å². The molecule has 0 saturated carbocycles. The highest BCUT2D eigenvalue weighted by molar-refractivity contribution is 5.97. The maximum atomic E-state index is 13.2. The normalized spacial score (nSPS) is 13.9. The molecule has 1 fully saturated rings. The van der Waals surface area contributed by atoms with Gasteiger partial charge in [0.05, 0.1) is 30.6 Å². The van der Waals surface area contributed by atoms with Gasteiger partial charge in [0.15, 0.2) is 0 Å². The van der Waals surface area contributed by atoms with Gasteiger partial charge in [-0.3, -0.25) is 19.4 Å². The van der Waals surface area contributed by atoms with E-state index in [9.17, 15) is 14.4 Å². The topological polar surface area (TPSA) is 95.8 Å². The summed E-state index contributed by atoms with van der Waals surface area (Å²) < 4.78 is 5.38. The number of aromatic nitrogens is 1. The van der Waals surface area contributed by atoms with Gasteiger partial charge in [-0.15, -0.1) is 0 Å². The van der Waals surface area contributed by atoms with E-state index in [1.54, 1.807) is 35.2 Å². The van der Waals surface area contributed by atoms with E-state index in [0.29, 0.717) is 49.4 Å². The molecule has 3 aromatic rings. The van der Waals surface area contributed by atoms with Crippen molar-refractivity contribution in [2.45, 2.75) is 39.2 Å². The van der Waals surface area contributed by atoms with Crippen molar-refractivity contribution in [1.29, 1.82) is 0 Å². The van der Waals surface area contributed by atoms with Crippen LogP contribution in [-0.2, 0) is 11.3 Å². The van der Waals surface area contributed by atoms with Gasteiger partial charge >= 0.3 is 0 Å². The SMILES string of the molecule is Cc1ccc(C(=O)N(C)Cc2ccco2)c(C2CCN(C(=O)CNC(=O)c3ccccc3C)CC2)n1. The molecule has 36 heavy (non-hydrogen) atoms. The number of carbonyl (C=O) groups excluding carboxylic acids is 3. The zero-order valence-electron chi connectivity index (χ0n) is 21.0. The summed E-state index contributed by atoms with van der Waals surface area (Å²) in [7, 11) is 1.75. The van der Waals surface area contributed by atoms with Gasteiger partial charge in [-0.05, 0) is 62.6 Å². The van der Waals surface area contributed by atoms with Gasteiger partial charge < -0.3 is 19.5 Å². The lowest BCUT2D eigenvalue weighted by atomic mass is 9.89. The third-order valence-corrected chi connectivity index (χ3v) is 6.64. The van der Waals surface area contributed by atoms with E-state index in [4.69, 9.17) is 9.40 Å². The predicted molar refractivity (Wildman–Crippen MR) is 136 cm³/mol. The molecule has 8 nitrogen and oxygen atoms in total. The highest BCUT2D eigenvalue weighted by atomic mass is 16.3. The van der Waals surface area contributed by atoms with Crippen LogP contribution in [-0.4, -0.2) is 59.2 Å². The molecule has 1 saturated heterocycles. The molecule has 0 spiro atoms. The van der Waals surface area contributed by atoms with Gasteiger partial charge in [0.25, 0.3) is 11.8 Å². The fraction of sp³-hybridized carbons (Fsp3) is 0.357. The average Bonchev–Trinajstić information content (AvgIpc) is 3.40. The summed E-state index contributed by atoms with van der Waals surface area (Å²) in [5.41, 5.74) is 3.67. The van der Waals surface area contributed by atoms with Crippen molar-refractivity contribution in [3.63, 3.8) is 0 Å². The maximum absolute atomic E-state index is 13.2. The number of furan rings is 1. The number of likely N-dealkylation sites (tertiary alicyclic amines) is 1. The van der Waals surface area contributed by atoms with Crippen molar-refractivity contribution in [1.82, 2.24) is 20.1 Å². The van der Waals surface area contributed by atoms with Crippen molar-refractivity contribution in [2.24, 2.45) is 0 Å². The molecule has 3 heterocycles. The van der Waals surface area contributed by atoms with E-state index in [-0.39, 0.29) is 30.2 Å². The molecule has 1 aromatic carbocycles. The maximum Gasteiger partial charge on any atom is 0.255 e. The third-order valence-electron chi connectivity index (χ3n) is 6.64. The van der Waals surface area contributed by atoms with E-state index in [1.807, 2.05) is 50.2 Å². The first-order valence-corrected chi connectivity index (χ1v) is 12.2. The van der Waals surface area contributed by atoms with E-state index in [2.05, 4.69) is 5.32 Å². The van der Waals surface area contributed by atoms with Gasteiger partial charge in [-0.25, -0.2) is 0 Å². The number of rotatable bonds is 7. The first-order chi connectivity index (χ1) is 17.3. The Morgan fingerprint density at radius 1 is 1.03 bits per heavy atom. The number of benzene rings is 1. The predicted octanol–water partition coefficient (Wildman–Crippen LogP) is 3.70. The Morgan fingerprint density at radius 2 is 1.78 bits per heavy atom. The first-order valence-electron chi connectivity index (χ1n) is 12.2. The van der Waals surface area contributed by atoms with Crippen LogP contribution >= 0.6 is 0 Å². The molecule has 0 aliphatic carbocycles. The Bertz CT molecular complexity index is 1230. The van der Waals surface area contributed by atoms with Crippen LogP contribution in [0.15, 0.2) is 59.2 Å². The van der Waals surface area contributed by atoms with Crippen molar-refractivity contribution in [2.75, 3.05) is 26.7 Å². The summed E-state index contributed by atoms with van der Waals surface area (Å²) in [6, 6.07) is 14.6. The van der Waals surface area contributed by atoms with Gasteiger partial charge in [-0.2, -0.15) is 0 Å². The Labute approximate surface area is 211 Å². The number of carbonyl (C=O) groups is 3. The molecule has 1 aliphatic heterocycles. The summed E-state index contributed by atoms with van der Waals surface area (Å²) in [6.45, 7) is 5.22. The molecule has 188 valence electrons. The standard InChI is InChI=1S/C28H32N4O4/c1-19-7-4-5-9-23(19)27(34)29-17-25(33)32-14-12-21(13-15-32)26-24(11-10-20(2)30-26)28(35)31(3)18-22-8-6-16-36-22/h4-11,16,21H,12-15,17-18H2,1-3H3,(H,29,34). The minimum Gasteiger partial charge on any atom is -0.467 e. The zero-order valence-corrected chi connectivity index (χ0v) is 21.0. The lowest BCUT2D eigenvalue weighted by Crippen LogP contribution is -2.44. The van der Waals surface area contributed by atoms with Crippen molar-refractivity contribution < 1.29 is 18.8 Å². The Balaban J connectivity index is 1.36. The van der Waals surface area contributed by atoms with Gasteiger partial charge in [0, 0.05) is 37.3 Å². The van der Waals surface area contributed by atoms with Crippen LogP contribution in [0.5, 0.6) is 0 Å². The fourth-order valence-corrected chi connectivity index (χ4v) is 4.58. The third kappa shape index (κ3) is 5.82. The summed E-state index contributed by atoms with van der Waals surface area (Å²) in [4.78, 5) is 46.6. The number of hydrogen-bond donors (Lipinski definition) is 1. The quantitative estimate of drug-likeness (QED) is 0.547. The van der Waals surface area contributed by atoms with Gasteiger partial charge in [0.2, 0.25) is 5.91 Å². The van der Waals surface area contributed by atoms with Gasteiger partial charge in [0.1, 0.15) is 5.76 Å². The number of nitrogens with one attached hydrogen (secondary N) is 1. The molecular formula is C28H32N4O4. The summed E-state index contributed by atoms with van der Waals surface area (Å²) in [5.74, 6) is 0.329. The second-order valence-corrected chi connectivity index (χ2v) is 9.28. The molecule has 1 aliphatic rings. The minimum atomic E-state index is -0.248. The highest BCUT2D eigenvalue weighted by Crippen LogP contribution is 2.30. The largest absolute Gasteiger partial charge is 0.467 e. The smallest absolute Gasteiger partial charge is 0.255 e. The molecule has 0 atom stereocenters. The van der Waals surface area contributed by atoms with Crippen molar-refractivity contribution in [3.05, 3.63) is 88.6 Å². The van der Waals surface area contributed by atoms with E-state index < -0.39 is 0 Å². The monoisotopic (exact) mass is 488 g/mol. The molecule has 2 aromatic heterocycles. The van der Waals surface area contributed by atoms with E-state index in [1.165, 1.54) is 0 Å². The second-order valence-electron chi connectivity index (χ2n) is 9.28. The average molecular weight is 489 g/mol. The number of nitrogens with zero attached hydrogens (tertiary/aromatic N) is 3. The number of piperidine rings is 1. The second kappa shape index (κ2) is 11.2. The molecule has 0 bridgehead atoms. The van der Waals surface area contributed by atoms with Crippen molar-refractivity contribution >= 4 is 17.7 Å². The minimum absolute atomic E-state index is 0.0398. The van der Waals surface area contributed by atoms with Gasteiger partial charge in [-0.1, -0.05) is 18.2 Å². The first kappa shape index (κ1) is 25.2. The Morgan fingerprint density at radius 3 is 2.47 bits per heavy atom. The lowest BCUT2D eigenvalue weighted by molar-refractivity contribution is -0.131. The zero-order chi connectivity index (χ0) is 25.7. The molecule has 0 radical (unpaired) electrons. The van der Waals surface area contributed by atoms with Crippen LogP contribution in [0.25, 0.3) is 0 Å². The highest BCUT2D eigenvalue weighted by Gasteiger charge is 2.29. The lowest BCUT2D eigenvalue weighted by Gasteiger charge is -2.33. The molecule has 8 heteroatoms. The van der Waals surface area contributed by atoms with Crippen LogP contribution < -0.4 is 5.32 Å². The number of pyridine rings is 1. The molecular weight excluding hydrogens is 456 g/mol. The summed E-state index contributed by atoms with van der Waals surface area (Å²) in [6.07, 6.45) is 3.00. The van der Waals surface area contributed by atoms with E-state index >= 15 is 0 Å². The summed E-state index contributed by atoms with van der Waals surface area (Å²) >= 11 is 0. The van der Waals surface area contributed by atoms with Crippen LogP contribution in [0.1, 0.15) is 62.2 Å². The number of amides is 3. The number of aryl methyl sites for hydroxylation is 2. The van der Waals surface area contributed by atoms with Crippen molar-refractivity contribution in [3.8, 4) is 0 Å². The summed E-state index contributed by atoms with van der Waals surface area (Å²) in [5, 5.41) is 2.74. The molecule has 0 unspecified atom stereocenters. The number of hydrogen-bond acceptors (Lipinski definition) is 5.